The van der Waals surface area contributed by atoms with E-state index in [0.717, 1.165) is 21.3 Å². The first kappa shape index (κ1) is 14.4. The van der Waals surface area contributed by atoms with Gasteiger partial charge in [0.15, 0.2) is 5.16 Å². The number of imidazole rings is 1. The molecule has 0 atom stereocenters. The van der Waals surface area contributed by atoms with E-state index in [9.17, 15) is 4.39 Å². The minimum Gasteiger partial charge on any atom is -0.315 e. The molecule has 0 saturated heterocycles. The Morgan fingerprint density at radius 1 is 1.00 bits per heavy atom. The lowest BCUT2D eigenvalue weighted by Gasteiger charge is -2.01. The van der Waals surface area contributed by atoms with E-state index in [1.54, 1.807) is 30.1 Å². The van der Waals surface area contributed by atoms with Gasteiger partial charge in [0.25, 0.3) is 0 Å². The summed E-state index contributed by atoms with van der Waals surface area (Å²) >= 11 is 1.59. The summed E-state index contributed by atoms with van der Waals surface area (Å²) in [4.78, 5) is 5.53. The van der Waals surface area contributed by atoms with Crippen molar-refractivity contribution in [2.24, 2.45) is 7.05 Å². The molecule has 0 N–H and O–H groups in total. The van der Waals surface area contributed by atoms with E-state index in [2.05, 4.69) is 16.8 Å². The molecule has 0 amide bonds. The lowest BCUT2D eigenvalue weighted by molar-refractivity contribution is 0.627. The van der Waals surface area contributed by atoms with Crippen molar-refractivity contribution < 1.29 is 4.39 Å². The minimum absolute atomic E-state index is 0.257. The van der Waals surface area contributed by atoms with Gasteiger partial charge in [-0.05, 0) is 42.3 Å². The largest absolute Gasteiger partial charge is 0.315 e. The van der Waals surface area contributed by atoms with E-state index < -0.39 is 0 Å². The number of hydrogen-bond acceptors (Lipinski definition) is 2. The Balaban J connectivity index is 1.81. The van der Waals surface area contributed by atoms with Crippen LogP contribution in [-0.2, 0) is 7.05 Å². The molecule has 0 bridgehead atoms. The monoisotopic (exact) mass is 308 g/mol. The van der Waals surface area contributed by atoms with E-state index in [1.165, 1.54) is 12.1 Å². The van der Waals surface area contributed by atoms with Crippen molar-refractivity contribution in [3.05, 3.63) is 77.9 Å². The van der Waals surface area contributed by atoms with Crippen LogP contribution in [0.2, 0.25) is 0 Å². The summed E-state index contributed by atoms with van der Waals surface area (Å²) < 4.78 is 14.8. The van der Waals surface area contributed by atoms with E-state index in [1.807, 2.05) is 41.9 Å². The van der Waals surface area contributed by atoms with Crippen LogP contribution in [0.25, 0.3) is 0 Å². The lowest BCUT2D eigenvalue weighted by Crippen LogP contribution is -1.94. The molecular weight excluding hydrogens is 295 g/mol. The number of hydrogen-bond donors (Lipinski definition) is 0. The van der Waals surface area contributed by atoms with E-state index in [4.69, 9.17) is 0 Å². The van der Waals surface area contributed by atoms with Crippen LogP contribution in [0, 0.1) is 17.7 Å². The molecule has 0 aliphatic heterocycles. The van der Waals surface area contributed by atoms with Crippen LogP contribution in [0.5, 0.6) is 0 Å². The molecule has 0 fully saturated rings. The molecule has 2 aromatic carbocycles. The fourth-order valence-electron chi connectivity index (χ4n) is 1.87. The molecule has 0 unspecified atom stereocenters. The van der Waals surface area contributed by atoms with Gasteiger partial charge in [0, 0.05) is 17.5 Å². The fraction of sp³-hybridized carbons (Fsp3) is 0.0556. The highest BCUT2D eigenvalue weighted by molar-refractivity contribution is 7.99. The highest BCUT2D eigenvalue weighted by Gasteiger charge is 2.06. The highest BCUT2D eigenvalue weighted by atomic mass is 32.2. The maximum absolute atomic E-state index is 12.9. The van der Waals surface area contributed by atoms with Crippen molar-refractivity contribution in [1.29, 1.82) is 0 Å². The van der Waals surface area contributed by atoms with Gasteiger partial charge in [-0.15, -0.1) is 0 Å². The molecule has 0 spiro atoms. The van der Waals surface area contributed by atoms with Gasteiger partial charge in [0.05, 0.1) is 6.20 Å². The number of aromatic nitrogens is 2. The van der Waals surface area contributed by atoms with E-state index in [0.29, 0.717) is 0 Å². The van der Waals surface area contributed by atoms with Gasteiger partial charge >= 0.3 is 0 Å². The Morgan fingerprint density at radius 3 is 2.45 bits per heavy atom. The zero-order valence-corrected chi connectivity index (χ0v) is 12.8. The van der Waals surface area contributed by atoms with Crippen molar-refractivity contribution in [2.75, 3.05) is 0 Å². The molecule has 1 heterocycles. The van der Waals surface area contributed by atoms with E-state index in [-0.39, 0.29) is 5.82 Å². The van der Waals surface area contributed by atoms with Crippen LogP contribution >= 0.6 is 11.8 Å². The van der Waals surface area contributed by atoms with Crippen molar-refractivity contribution in [3.8, 4) is 11.8 Å². The summed E-state index contributed by atoms with van der Waals surface area (Å²) in [7, 11) is 1.94. The van der Waals surface area contributed by atoms with Crippen LogP contribution in [0.4, 0.5) is 4.39 Å². The molecule has 0 saturated carbocycles. The fourth-order valence-corrected chi connectivity index (χ4v) is 2.71. The van der Waals surface area contributed by atoms with Crippen LogP contribution in [0.1, 0.15) is 11.3 Å². The molecule has 0 aliphatic rings. The number of nitrogens with zero attached hydrogens (tertiary/aromatic N) is 2. The van der Waals surface area contributed by atoms with Gasteiger partial charge < -0.3 is 4.57 Å². The average Bonchev–Trinajstić information content (AvgIpc) is 2.88. The van der Waals surface area contributed by atoms with Gasteiger partial charge in [0.1, 0.15) is 11.5 Å². The maximum atomic E-state index is 12.9. The Labute approximate surface area is 133 Å². The van der Waals surface area contributed by atoms with Crippen LogP contribution in [-0.4, -0.2) is 9.55 Å². The normalized spacial score (nSPS) is 10.1. The number of halogens is 1. The SMILES string of the molecule is Cn1c(C#Cc2ccc(F)cc2)cnc1Sc1ccccc1. The third-order valence-corrected chi connectivity index (χ3v) is 4.15. The molecule has 4 heteroatoms. The zero-order valence-electron chi connectivity index (χ0n) is 12.0. The molecule has 0 radical (unpaired) electrons. The second kappa shape index (κ2) is 6.50. The summed E-state index contributed by atoms with van der Waals surface area (Å²) in [6, 6.07) is 16.2. The standard InChI is InChI=1S/C18H13FN2S/c1-21-16(12-9-14-7-10-15(19)11-8-14)13-20-18(21)22-17-5-3-2-4-6-17/h2-8,10-11,13H,1H3. The van der Waals surface area contributed by atoms with Crippen LogP contribution in [0.3, 0.4) is 0 Å². The summed E-state index contributed by atoms with van der Waals surface area (Å²) in [5.41, 5.74) is 1.60. The minimum atomic E-state index is -0.257. The van der Waals surface area contributed by atoms with Gasteiger partial charge in [-0.2, -0.15) is 0 Å². The third kappa shape index (κ3) is 3.38. The topological polar surface area (TPSA) is 17.8 Å². The smallest absolute Gasteiger partial charge is 0.173 e. The maximum Gasteiger partial charge on any atom is 0.173 e. The summed E-state index contributed by atoms with van der Waals surface area (Å²) in [5.74, 6) is 5.83. The molecule has 0 aliphatic carbocycles. The quantitative estimate of drug-likeness (QED) is 0.663. The second-order valence-electron chi connectivity index (χ2n) is 4.66. The summed E-state index contributed by atoms with van der Waals surface area (Å²) in [6.07, 6.45) is 1.75. The molecule has 1 aromatic heterocycles. The third-order valence-electron chi connectivity index (χ3n) is 3.08. The second-order valence-corrected chi connectivity index (χ2v) is 5.70. The summed E-state index contributed by atoms with van der Waals surface area (Å²) in [6.45, 7) is 0. The van der Waals surface area contributed by atoms with Crippen LogP contribution in [0.15, 0.2) is 70.8 Å². The van der Waals surface area contributed by atoms with Crippen molar-refractivity contribution in [2.45, 2.75) is 10.1 Å². The zero-order chi connectivity index (χ0) is 15.4. The van der Waals surface area contributed by atoms with Crippen molar-refractivity contribution in [1.82, 2.24) is 9.55 Å². The average molecular weight is 308 g/mol. The number of benzene rings is 2. The molecule has 2 nitrogen and oxygen atoms in total. The first-order valence-corrected chi connectivity index (χ1v) is 7.56. The van der Waals surface area contributed by atoms with Crippen molar-refractivity contribution in [3.63, 3.8) is 0 Å². The Hall–Kier alpha value is -2.51. The molecular formula is C18H13FN2S. The molecule has 3 rings (SSSR count). The molecule has 108 valence electrons. The van der Waals surface area contributed by atoms with Crippen molar-refractivity contribution >= 4 is 11.8 Å². The van der Waals surface area contributed by atoms with Gasteiger partial charge in [-0.1, -0.05) is 35.9 Å². The Kier molecular flexibility index (Phi) is 4.27. The molecule has 3 aromatic rings. The lowest BCUT2D eigenvalue weighted by atomic mass is 10.2. The number of rotatable bonds is 2. The predicted molar refractivity (Wildman–Crippen MR) is 86.2 cm³/mol. The Morgan fingerprint density at radius 2 is 1.73 bits per heavy atom. The van der Waals surface area contributed by atoms with Crippen LogP contribution < -0.4 is 0 Å². The Bertz CT molecular complexity index is 827. The first-order valence-electron chi connectivity index (χ1n) is 6.74. The molecule has 22 heavy (non-hydrogen) atoms. The first-order chi connectivity index (χ1) is 10.7. The van der Waals surface area contributed by atoms with E-state index >= 15 is 0 Å². The van der Waals surface area contributed by atoms with Gasteiger partial charge in [0.2, 0.25) is 0 Å². The summed E-state index contributed by atoms with van der Waals surface area (Å²) in [5, 5.41) is 0.884. The van der Waals surface area contributed by atoms with Gasteiger partial charge in [-0.3, -0.25) is 0 Å². The van der Waals surface area contributed by atoms with Gasteiger partial charge in [-0.25, -0.2) is 9.37 Å². The predicted octanol–water partition coefficient (Wildman–Crippen LogP) is 4.11. The highest BCUT2D eigenvalue weighted by Crippen LogP contribution is 2.26.